The fraction of sp³-hybridized carbons (Fsp3) is 1.00. The van der Waals surface area contributed by atoms with Gasteiger partial charge in [-0.3, -0.25) is 0 Å². The van der Waals surface area contributed by atoms with Gasteiger partial charge >= 0.3 is 0 Å². The summed E-state index contributed by atoms with van der Waals surface area (Å²) < 4.78 is 23.4. The molecule has 5 heteroatoms. The molecule has 0 atom stereocenters. The molecule has 108 valence electrons. The molecule has 1 rings (SSSR count). The highest BCUT2D eigenvalue weighted by Gasteiger charge is 2.29. The van der Waals surface area contributed by atoms with Crippen molar-refractivity contribution < 1.29 is 8.42 Å². The van der Waals surface area contributed by atoms with Crippen molar-refractivity contribution in [3.05, 3.63) is 0 Å². The van der Waals surface area contributed by atoms with Crippen LogP contribution in [0.5, 0.6) is 0 Å². The molecule has 0 spiro atoms. The van der Waals surface area contributed by atoms with E-state index in [0.717, 1.165) is 44.8 Å². The van der Waals surface area contributed by atoms with Gasteiger partial charge in [0.15, 0.2) is 9.84 Å². The Morgan fingerprint density at radius 3 is 2.22 bits per heavy atom. The third-order valence-electron chi connectivity index (χ3n) is 3.89. The van der Waals surface area contributed by atoms with Crippen LogP contribution in [0.3, 0.4) is 0 Å². The van der Waals surface area contributed by atoms with Crippen molar-refractivity contribution in [2.75, 3.05) is 31.9 Å². The third kappa shape index (κ3) is 4.52. The van der Waals surface area contributed by atoms with Gasteiger partial charge in [-0.1, -0.05) is 0 Å². The van der Waals surface area contributed by atoms with Crippen LogP contribution in [0.4, 0.5) is 0 Å². The van der Waals surface area contributed by atoms with E-state index in [1.54, 1.807) is 20.8 Å². The normalized spacial score (nSPS) is 20.2. The van der Waals surface area contributed by atoms with Gasteiger partial charge in [-0.15, -0.1) is 0 Å². The Bertz CT molecular complexity index is 338. The first kappa shape index (κ1) is 15.9. The van der Waals surface area contributed by atoms with E-state index in [-0.39, 0.29) is 5.75 Å². The van der Waals surface area contributed by atoms with E-state index in [1.165, 1.54) is 0 Å². The number of rotatable bonds is 5. The Balaban J connectivity index is 2.35. The van der Waals surface area contributed by atoms with Crippen LogP contribution in [-0.2, 0) is 9.84 Å². The zero-order valence-electron chi connectivity index (χ0n) is 12.0. The van der Waals surface area contributed by atoms with Crippen LogP contribution in [0.1, 0.15) is 40.0 Å². The first-order valence-electron chi connectivity index (χ1n) is 6.91. The molecule has 0 unspecified atom stereocenters. The molecule has 0 aromatic rings. The molecule has 0 radical (unpaired) electrons. The van der Waals surface area contributed by atoms with Gasteiger partial charge in [0.1, 0.15) is 0 Å². The summed E-state index contributed by atoms with van der Waals surface area (Å²) in [6.45, 7) is 8.80. The minimum Gasteiger partial charge on any atom is -0.330 e. The minimum absolute atomic E-state index is 0.276. The summed E-state index contributed by atoms with van der Waals surface area (Å²) in [6, 6.07) is 0. The predicted octanol–water partition coefficient (Wildman–Crippen LogP) is 1.26. The second-order valence-corrected chi connectivity index (χ2v) is 9.16. The molecule has 1 aliphatic heterocycles. The van der Waals surface area contributed by atoms with Gasteiger partial charge in [0.2, 0.25) is 0 Å². The third-order valence-corrected chi connectivity index (χ3v) is 6.48. The highest BCUT2D eigenvalue weighted by Crippen LogP contribution is 2.21. The number of nitrogens with two attached hydrogens (primary N) is 1. The zero-order chi connectivity index (χ0) is 13.8. The Labute approximate surface area is 112 Å². The van der Waals surface area contributed by atoms with E-state index in [2.05, 4.69) is 4.90 Å². The lowest BCUT2D eigenvalue weighted by molar-refractivity contribution is 0.188. The summed E-state index contributed by atoms with van der Waals surface area (Å²) in [5.74, 6) is 1.02. The maximum Gasteiger partial charge on any atom is 0.156 e. The van der Waals surface area contributed by atoms with Crippen molar-refractivity contribution in [2.45, 2.75) is 44.8 Å². The van der Waals surface area contributed by atoms with Gasteiger partial charge in [-0.2, -0.15) is 0 Å². The molecule has 0 aliphatic carbocycles. The Kier molecular flexibility index (Phi) is 5.62. The summed E-state index contributed by atoms with van der Waals surface area (Å²) in [5.41, 5.74) is 5.56. The topological polar surface area (TPSA) is 63.4 Å². The number of sulfone groups is 1. The number of hydrogen-bond donors (Lipinski definition) is 1. The quantitative estimate of drug-likeness (QED) is 0.821. The van der Waals surface area contributed by atoms with Crippen LogP contribution in [0.25, 0.3) is 0 Å². The van der Waals surface area contributed by atoms with Gasteiger partial charge in [0.05, 0.1) is 10.5 Å². The fourth-order valence-electron chi connectivity index (χ4n) is 2.29. The second-order valence-electron chi connectivity index (χ2n) is 6.29. The molecular formula is C13H28N2O2S. The molecule has 18 heavy (non-hydrogen) atoms. The van der Waals surface area contributed by atoms with E-state index in [1.807, 2.05) is 0 Å². The van der Waals surface area contributed by atoms with Gasteiger partial charge < -0.3 is 10.6 Å². The molecule has 1 saturated heterocycles. The molecule has 4 nitrogen and oxygen atoms in total. The van der Waals surface area contributed by atoms with Gasteiger partial charge in [0, 0.05) is 6.54 Å². The first-order valence-corrected chi connectivity index (χ1v) is 8.56. The van der Waals surface area contributed by atoms with Crippen molar-refractivity contribution >= 4 is 9.84 Å². The second kappa shape index (κ2) is 6.35. The molecule has 1 aliphatic rings. The average Bonchev–Trinajstić information content (AvgIpc) is 2.27. The summed E-state index contributed by atoms with van der Waals surface area (Å²) in [6.07, 6.45) is 3.42. The van der Waals surface area contributed by atoms with Crippen molar-refractivity contribution in [1.82, 2.24) is 4.90 Å². The summed E-state index contributed by atoms with van der Waals surface area (Å²) in [5, 5.41) is 0. The van der Waals surface area contributed by atoms with Crippen LogP contribution in [0, 0.1) is 5.92 Å². The molecule has 0 bridgehead atoms. The van der Waals surface area contributed by atoms with Gasteiger partial charge in [-0.25, -0.2) is 8.42 Å². The molecule has 1 fully saturated rings. The lowest BCUT2D eigenvalue weighted by Gasteiger charge is -2.32. The minimum atomic E-state index is -2.98. The number of piperidine rings is 1. The Morgan fingerprint density at radius 2 is 1.78 bits per heavy atom. The molecule has 0 saturated carbocycles. The van der Waals surface area contributed by atoms with Crippen LogP contribution >= 0.6 is 0 Å². The van der Waals surface area contributed by atoms with E-state index < -0.39 is 14.6 Å². The van der Waals surface area contributed by atoms with E-state index >= 15 is 0 Å². The van der Waals surface area contributed by atoms with Crippen LogP contribution < -0.4 is 5.73 Å². The SMILES string of the molecule is CC(C)(C)S(=O)(=O)CCN1CCC(CCN)CC1. The van der Waals surface area contributed by atoms with Gasteiger partial charge in [0.25, 0.3) is 0 Å². The fourth-order valence-corrected chi connectivity index (χ4v) is 3.40. The van der Waals surface area contributed by atoms with Crippen molar-refractivity contribution in [2.24, 2.45) is 11.7 Å². The van der Waals surface area contributed by atoms with Crippen molar-refractivity contribution in [3.63, 3.8) is 0 Å². The van der Waals surface area contributed by atoms with Crippen LogP contribution in [0.2, 0.25) is 0 Å². The Morgan fingerprint density at radius 1 is 1.22 bits per heavy atom. The first-order chi connectivity index (χ1) is 8.26. The molecule has 1 heterocycles. The summed E-state index contributed by atoms with van der Waals surface area (Å²) >= 11 is 0. The lowest BCUT2D eigenvalue weighted by atomic mass is 9.94. The zero-order valence-corrected chi connectivity index (χ0v) is 12.8. The molecule has 0 aromatic heterocycles. The Hall–Kier alpha value is -0.130. The standard InChI is InChI=1S/C13H28N2O2S/c1-13(2,3)18(16,17)11-10-15-8-5-12(4-7-14)6-9-15/h12H,4-11,14H2,1-3H3. The monoisotopic (exact) mass is 276 g/mol. The maximum atomic E-state index is 12.0. The smallest absolute Gasteiger partial charge is 0.156 e. The van der Waals surface area contributed by atoms with Crippen molar-refractivity contribution in [3.8, 4) is 0 Å². The van der Waals surface area contributed by atoms with Crippen LogP contribution in [0.15, 0.2) is 0 Å². The molecule has 0 aromatic carbocycles. The lowest BCUT2D eigenvalue weighted by Crippen LogP contribution is -2.40. The molecular weight excluding hydrogens is 248 g/mol. The van der Waals surface area contributed by atoms with E-state index in [0.29, 0.717) is 6.54 Å². The predicted molar refractivity (Wildman–Crippen MR) is 76.4 cm³/mol. The molecule has 2 N–H and O–H groups in total. The van der Waals surface area contributed by atoms with Crippen LogP contribution in [-0.4, -0.2) is 50.0 Å². The number of nitrogens with zero attached hydrogens (tertiary/aromatic N) is 1. The highest BCUT2D eigenvalue weighted by molar-refractivity contribution is 7.92. The van der Waals surface area contributed by atoms with E-state index in [9.17, 15) is 8.42 Å². The van der Waals surface area contributed by atoms with E-state index in [4.69, 9.17) is 5.73 Å². The highest BCUT2D eigenvalue weighted by atomic mass is 32.2. The summed E-state index contributed by atoms with van der Waals surface area (Å²) in [7, 11) is -2.98. The molecule has 0 amide bonds. The number of likely N-dealkylation sites (tertiary alicyclic amines) is 1. The maximum absolute atomic E-state index is 12.0. The average molecular weight is 276 g/mol. The van der Waals surface area contributed by atoms with Gasteiger partial charge in [-0.05, 0) is 65.6 Å². The van der Waals surface area contributed by atoms with Crippen molar-refractivity contribution in [1.29, 1.82) is 0 Å². The largest absolute Gasteiger partial charge is 0.330 e. The number of hydrogen-bond acceptors (Lipinski definition) is 4. The summed E-state index contributed by atoms with van der Waals surface area (Å²) in [4.78, 5) is 2.27.